The fourth-order valence-corrected chi connectivity index (χ4v) is 1.20. The van der Waals surface area contributed by atoms with Gasteiger partial charge in [-0.3, -0.25) is 0 Å². The van der Waals surface area contributed by atoms with Crippen molar-refractivity contribution in [3.63, 3.8) is 0 Å². The Morgan fingerprint density at radius 3 is 2.45 bits per heavy atom. The number of hydrogen-bond acceptors (Lipinski definition) is 1. The largest absolute Gasteiger partial charge is 0.192 e. The number of benzene rings is 1. The summed E-state index contributed by atoms with van der Waals surface area (Å²) in [6.45, 7) is 1.82. The van der Waals surface area contributed by atoms with Gasteiger partial charge in [0.05, 0.1) is 15.6 Å². The molecule has 1 nitrogen and oxygen atoms in total. The van der Waals surface area contributed by atoms with Gasteiger partial charge in [-0.05, 0) is 18.6 Å². The average molecular weight is 186 g/mol. The standard InChI is InChI=1S/C8H5Cl2N/c1-5-2-3-7(9)8(10)6(5)4-11/h2-3H,1H3. The summed E-state index contributed by atoms with van der Waals surface area (Å²) in [6.07, 6.45) is 0. The van der Waals surface area contributed by atoms with Crippen molar-refractivity contribution in [1.82, 2.24) is 0 Å². The topological polar surface area (TPSA) is 23.8 Å². The van der Waals surface area contributed by atoms with E-state index in [1.807, 2.05) is 13.0 Å². The molecule has 1 aromatic carbocycles. The third-order valence-electron chi connectivity index (χ3n) is 1.41. The van der Waals surface area contributed by atoms with Gasteiger partial charge in [-0.2, -0.15) is 5.26 Å². The molecule has 0 amide bonds. The molecule has 0 aliphatic heterocycles. The van der Waals surface area contributed by atoms with Gasteiger partial charge in [-0.25, -0.2) is 0 Å². The smallest absolute Gasteiger partial charge is 0.101 e. The van der Waals surface area contributed by atoms with E-state index < -0.39 is 0 Å². The van der Waals surface area contributed by atoms with Crippen molar-refractivity contribution in [2.24, 2.45) is 0 Å². The van der Waals surface area contributed by atoms with Crippen LogP contribution in [0.15, 0.2) is 12.1 Å². The molecule has 0 saturated carbocycles. The zero-order valence-electron chi connectivity index (χ0n) is 5.86. The molecule has 56 valence electrons. The minimum Gasteiger partial charge on any atom is -0.192 e. The van der Waals surface area contributed by atoms with Gasteiger partial charge in [0.15, 0.2) is 0 Å². The predicted molar refractivity (Wildman–Crippen MR) is 45.9 cm³/mol. The third-order valence-corrected chi connectivity index (χ3v) is 2.22. The van der Waals surface area contributed by atoms with Crippen LogP contribution in [0.5, 0.6) is 0 Å². The van der Waals surface area contributed by atoms with Crippen LogP contribution in [-0.4, -0.2) is 0 Å². The molecule has 11 heavy (non-hydrogen) atoms. The van der Waals surface area contributed by atoms with Gasteiger partial charge < -0.3 is 0 Å². The van der Waals surface area contributed by atoms with Crippen molar-refractivity contribution >= 4 is 23.2 Å². The number of aryl methyl sites for hydroxylation is 1. The summed E-state index contributed by atoms with van der Waals surface area (Å²) >= 11 is 11.4. The summed E-state index contributed by atoms with van der Waals surface area (Å²) < 4.78 is 0. The van der Waals surface area contributed by atoms with Gasteiger partial charge in [0.2, 0.25) is 0 Å². The second-order valence-electron chi connectivity index (χ2n) is 2.17. The van der Waals surface area contributed by atoms with Gasteiger partial charge in [0.1, 0.15) is 6.07 Å². The van der Waals surface area contributed by atoms with E-state index in [-0.39, 0.29) is 0 Å². The van der Waals surface area contributed by atoms with Crippen molar-refractivity contribution in [3.8, 4) is 6.07 Å². The fourth-order valence-electron chi connectivity index (χ4n) is 0.784. The fraction of sp³-hybridized carbons (Fsp3) is 0.125. The number of nitriles is 1. The summed E-state index contributed by atoms with van der Waals surface area (Å²) in [6, 6.07) is 5.44. The molecule has 0 saturated heterocycles. The Bertz CT molecular complexity index is 326. The Labute approximate surface area is 75.2 Å². The van der Waals surface area contributed by atoms with Crippen molar-refractivity contribution in [3.05, 3.63) is 33.3 Å². The van der Waals surface area contributed by atoms with Crippen LogP contribution in [-0.2, 0) is 0 Å². The van der Waals surface area contributed by atoms with E-state index in [4.69, 9.17) is 28.5 Å². The molecule has 0 radical (unpaired) electrons. The van der Waals surface area contributed by atoms with E-state index in [1.54, 1.807) is 12.1 Å². The molecule has 0 N–H and O–H groups in total. The Hall–Kier alpha value is -0.710. The average Bonchev–Trinajstić information content (AvgIpc) is 1.99. The second kappa shape index (κ2) is 3.13. The van der Waals surface area contributed by atoms with Gasteiger partial charge in [0.25, 0.3) is 0 Å². The van der Waals surface area contributed by atoms with Crippen LogP contribution in [0.4, 0.5) is 0 Å². The van der Waals surface area contributed by atoms with Crippen LogP contribution in [0.2, 0.25) is 10.0 Å². The van der Waals surface area contributed by atoms with Crippen molar-refractivity contribution in [2.75, 3.05) is 0 Å². The maximum Gasteiger partial charge on any atom is 0.101 e. The molecule has 0 aliphatic rings. The Kier molecular flexibility index (Phi) is 2.38. The molecule has 0 fully saturated rings. The predicted octanol–water partition coefficient (Wildman–Crippen LogP) is 3.17. The lowest BCUT2D eigenvalue weighted by Gasteiger charge is -2.00. The highest BCUT2D eigenvalue weighted by atomic mass is 35.5. The summed E-state index contributed by atoms with van der Waals surface area (Å²) in [5.41, 5.74) is 1.31. The first-order chi connectivity index (χ1) is 5.16. The van der Waals surface area contributed by atoms with E-state index in [0.717, 1.165) is 5.56 Å². The first-order valence-corrected chi connectivity index (χ1v) is 3.77. The van der Waals surface area contributed by atoms with Crippen LogP contribution in [0.25, 0.3) is 0 Å². The molecule has 3 heteroatoms. The van der Waals surface area contributed by atoms with E-state index >= 15 is 0 Å². The Morgan fingerprint density at radius 2 is 2.00 bits per heavy atom. The van der Waals surface area contributed by atoms with Gasteiger partial charge in [-0.15, -0.1) is 0 Å². The van der Waals surface area contributed by atoms with Crippen LogP contribution in [0, 0.1) is 18.3 Å². The minimum atomic E-state index is 0.342. The summed E-state index contributed by atoms with van der Waals surface area (Å²) in [4.78, 5) is 0. The molecule has 0 bridgehead atoms. The molecule has 1 aromatic rings. The van der Waals surface area contributed by atoms with Crippen molar-refractivity contribution in [1.29, 1.82) is 5.26 Å². The Morgan fingerprint density at radius 1 is 1.36 bits per heavy atom. The molecule has 0 atom stereocenters. The number of hydrogen-bond donors (Lipinski definition) is 0. The molecular weight excluding hydrogens is 181 g/mol. The van der Waals surface area contributed by atoms with Crippen LogP contribution in [0.1, 0.15) is 11.1 Å². The van der Waals surface area contributed by atoms with Gasteiger partial charge in [0, 0.05) is 0 Å². The van der Waals surface area contributed by atoms with Gasteiger partial charge in [-0.1, -0.05) is 29.3 Å². The molecule has 0 unspecified atom stereocenters. The molecule has 0 spiro atoms. The summed E-state index contributed by atoms with van der Waals surface area (Å²) in [5, 5.41) is 9.40. The molecule has 0 aliphatic carbocycles. The zero-order chi connectivity index (χ0) is 8.43. The minimum absolute atomic E-state index is 0.342. The van der Waals surface area contributed by atoms with Crippen molar-refractivity contribution in [2.45, 2.75) is 6.92 Å². The maximum atomic E-state index is 8.63. The second-order valence-corrected chi connectivity index (χ2v) is 2.95. The van der Waals surface area contributed by atoms with Crippen LogP contribution in [0.3, 0.4) is 0 Å². The lowest BCUT2D eigenvalue weighted by molar-refractivity contribution is 1.39. The lowest BCUT2D eigenvalue weighted by Crippen LogP contribution is -1.83. The SMILES string of the molecule is Cc1ccc(Cl)c(Cl)c1C#N. The highest BCUT2D eigenvalue weighted by Gasteiger charge is 2.05. The van der Waals surface area contributed by atoms with Crippen LogP contribution >= 0.6 is 23.2 Å². The molecule has 0 aromatic heterocycles. The quantitative estimate of drug-likeness (QED) is 0.610. The number of halogens is 2. The molecule has 0 heterocycles. The van der Waals surface area contributed by atoms with E-state index in [0.29, 0.717) is 15.6 Å². The first-order valence-electron chi connectivity index (χ1n) is 3.01. The normalized spacial score (nSPS) is 9.27. The molecule has 1 rings (SSSR count). The number of rotatable bonds is 0. The number of nitrogens with zero attached hydrogens (tertiary/aromatic N) is 1. The Balaban J connectivity index is 3.44. The lowest BCUT2D eigenvalue weighted by atomic mass is 10.1. The van der Waals surface area contributed by atoms with E-state index in [2.05, 4.69) is 0 Å². The highest BCUT2D eigenvalue weighted by molar-refractivity contribution is 6.42. The van der Waals surface area contributed by atoms with Crippen LogP contribution < -0.4 is 0 Å². The van der Waals surface area contributed by atoms with Gasteiger partial charge >= 0.3 is 0 Å². The summed E-state index contributed by atoms with van der Waals surface area (Å²) in [7, 11) is 0. The van der Waals surface area contributed by atoms with E-state index in [1.165, 1.54) is 0 Å². The molecular formula is C8H5Cl2N. The first kappa shape index (κ1) is 8.39. The van der Waals surface area contributed by atoms with Crippen molar-refractivity contribution < 1.29 is 0 Å². The maximum absolute atomic E-state index is 8.63. The monoisotopic (exact) mass is 185 g/mol. The van der Waals surface area contributed by atoms with E-state index in [9.17, 15) is 0 Å². The zero-order valence-corrected chi connectivity index (χ0v) is 7.37. The highest BCUT2D eigenvalue weighted by Crippen LogP contribution is 2.27. The summed E-state index contributed by atoms with van der Waals surface area (Å²) in [5.74, 6) is 0. The third kappa shape index (κ3) is 1.48.